The summed E-state index contributed by atoms with van der Waals surface area (Å²) in [6.45, 7) is 5.36. The molecule has 0 atom stereocenters. The van der Waals surface area contributed by atoms with Gasteiger partial charge in [0.1, 0.15) is 5.60 Å². The molecule has 0 spiro atoms. The Balaban J connectivity index is 1.45. The summed E-state index contributed by atoms with van der Waals surface area (Å²) in [5.41, 5.74) is -2.09. The molecule has 37 heavy (non-hydrogen) atoms. The minimum absolute atomic E-state index is 0.0477. The van der Waals surface area contributed by atoms with E-state index in [9.17, 15) is 27.6 Å². The number of halogens is 3. The van der Waals surface area contributed by atoms with E-state index in [4.69, 9.17) is 4.74 Å². The second-order valence-electron chi connectivity index (χ2n) is 9.91. The maximum Gasteiger partial charge on any atom is 0.435 e. The van der Waals surface area contributed by atoms with Gasteiger partial charge in [0.25, 0.3) is 5.91 Å². The number of rotatable bonds is 7. The number of nitrogens with zero attached hydrogens (tertiary/aromatic N) is 2. The summed E-state index contributed by atoms with van der Waals surface area (Å²) >= 11 is 0. The van der Waals surface area contributed by atoms with Crippen molar-refractivity contribution in [2.45, 2.75) is 64.3 Å². The lowest BCUT2D eigenvalue weighted by Gasteiger charge is -2.29. The molecular weight excluding hydrogens is 491 g/mol. The highest BCUT2D eigenvalue weighted by molar-refractivity contribution is 5.95. The zero-order chi connectivity index (χ0) is 27.2. The maximum absolute atomic E-state index is 13.5. The van der Waals surface area contributed by atoms with Gasteiger partial charge in [-0.3, -0.25) is 9.59 Å². The van der Waals surface area contributed by atoms with Crippen molar-refractivity contribution in [2.75, 3.05) is 13.1 Å². The number of carbonyl (C=O) groups excluding carboxylic acids is 3. The van der Waals surface area contributed by atoms with Crippen molar-refractivity contribution in [3.63, 3.8) is 0 Å². The largest absolute Gasteiger partial charge is 0.444 e. The highest BCUT2D eigenvalue weighted by atomic mass is 19.4. The molecule has 0 bridgehead atoms. The lowest BCUT2D eigenvalue weighted by atomic mass is 9.85. The number of carbonyl (C=O) groups is 3. The number of hydrogen-bond acceptors (Lipinski definition) is 5. The number of alkyl halides is 3. The van der Waals surface area contributed by atoms with E-state index in [2.05, 4.69) is 21.0 Å². The Kier molecular flexibility index (Phi) is 8.82. The Morgan fingerprint density at radius 2 is 1.62 bits per heavy atom. The SMILES string of the molecule is CC(C)(C)OC(=O)N[C@H]1CC[C@H](C(=O)NCCNC(=O)c2cn(-c3ccccc3)nc2C(F)(F)F)CC1. The minimum Gasteiger partial charge on any atom is -0.444 e. The number of nitrogens with one attached hydrogen (secondary N) is 3. The first-order chi connectivity index (χ1) is 17.3. The van der Waals surface area contributed by atoms with Crippen LogP contribution in [0.5, 0.6) is 0 Å². The van der Waals surface area contributed by atoms with Crippen LogP contribution < -0.4 is 16.0 Å². The van der Waals surface area contributed by atoms with E-state index >= 15 is 0 Å². The summed E-state index contributed by atoms with van der Waals surface area (Å²) in [6.07, 6.45) is -1.86. The normalized spacial score (nSPS) is 18.1. The Labute approximate surface area is 213 Å². The lowest BCUT2D eigenvalue weighted by Crippen LogP contribution is -2.43. The van der Waals surface area contributed by atoms with E-state index in [1.165, 1.54) is 0 Å². The molecule has 202 valence electrons. The van der Waals surface area contributed by atoms with Gasteiger partial charge in [0.15, 0.2) is 5.69 Å². The van der Waals surface area contributed by atoms with Gasteiger partial charge < -0.3 is 20.7 Å². The third kappa shape index (κ3) is 8.22. The summed E-state index contributed by atoms with van der Waals surface area (Å²) in [7, 11) is 0. The fourth-order valence-electron chi connectivity index (χ4n) is 4.04. The van der Waals surface area contributed by atoms with E-state index in [1.807, 2.05) is 0 Å². The molecule has 3 N–H and O–H groups in total. The summed E-state index contributed by atoms with van der Waals surface area (Å²) in [5, 5.41) is 11.5. The number of para-hydroxylation sites is 1. The summed E-state index contributed by atoms with van der Waals surface area (Å²) in [5.74, 6) is -1.37. The first-order valence-corrected chi connectivity index (χ1v) is 12.1. The summed E-state index contributed by atoms with van der Waals surface area (Å²) < 4.78 is 46.7. The zero-order valence-electron chi connectivity index (χ0n) is 21.0. The Hall–Kier alpha value is -3.57. The van der Waals surface area contributed by atoms with Gasteiger partial charge in [-0.25, -0.2) is 9.48 Å². The third-order valence-electron chi connectivity index (χ3n) is 5.78. The van der Waals surface area contributed by atoms with Crippen molar-refractivity contribution < 1.29 is 32.3 Å². The van der Waals surface area contributed by atoms with Gasteiger partial charge in [-0.1, -0.05) is 18.2 Å². The maximum atomic E-state index is 13.5. The molecule has 1 aliphatic rings. The Morgan fingerprint density at radius 3 is 2.22 bits per heavy atom. The molecular formula is C25H32F3N5O4. The Bertz CT molecular complexity index is 1090. The molecule has 0 unspecified atom stereocenters. The van der Waals surface area contributed by atoms with Gasteiger partial charge in [-0.05, 0) is 58.6 Å². The number of alkyl carbamates (subject to hydrolysis) is 1. The van der Waals surface area contributed by atoms with Crippen LogP contribution >= 0.6 is 0 Å². The van der Waals surface area contributed by atoms with Crippen LogP contribution in [0.1, 0.15) is 62.5 Å². The van der Waals surface area contributed by atoms with Crippen LogP contribution in [0.2, 0.25) is 0 Å². The lowest BCUT2D eigenvalue weighted by molar-refractivity contribution is -0.141. The van der Waals surface area contributed by atoms with E-state index in [1.54, 1.807) is 51.1 Å². The molecule has 1 aliphatic carbocycles. The van der Waals surface area contributed by atoms with Gasteiger partial charge in [0, 0.05) is 31.2 Å². The van der Waals surface area contributed by atoms with Crippen LogP contribution in [-0.2, 0) is 15.7 Å². The highest BCUT2D eigenvalue weighted by Crippen LogP contribution is 2.31. The van der Waals surface area contributed by atoms with E-state index in [0.717, 1.165) is 10.9 Å². The van der Waals surface area contributed by atoms with Crippen molar-refractivity contribution in [3.8, 4) is 5.69 Å². The van der Waals surface area contributed by atoms with Crippen LogP contribution in [-0.4, -0.2) is 52.4 Å². The van der Waals surface area contributed by atoms with E-state index < -0.39 is 35.0 Å². The molecule has 0 saturated heterocycles. The fourth-order valence-corrected chi connectivity index (χ4v) is 4.04. The molecule has 2 aromatic rings. The van der Waals surface area contributed by atoms with Crippen LogP contribution in [0.25, 0.3) is 5.69 Å². The summed E-state index contributed by atoms with van der Waals surface area (Å²) in [6, 6.07) is 8.09. The van der Waals surface area contributed by atoms with Crippen molar-refractivity contribution in [1.82, 2.24) is 25.7 Å². The minimum atomic E-state index is -4.81. The predicted molar refractivity (Wildman–Crippen MR) is 129 cm³/mol. The molecule has 0 aliphatic heterocycles. The number of hydrogen-bond donors (Lipinski definition) is 3. The third-order valence-corrected chi connectivity index (χ3v) is 5.78. The second-order valence-corrected chi connectivity index (χ2v) is 9.91. The number of benzene rings is 1. The number of aromatic nitrogens is 2. The monoisotopic (exact) mass is 523 g/mol. The fraction of sp³-hybridized carbons (Fsp3) is 0.520. The van der Waals surface area contributed by atoms with Gasteiger partial charge in [-0.15, -0.1) is 0 Å². The molecule has 1 heterocycles. The topological polar surface area (TPSA) is 114 Å². The number of ether oxygens (including phenoxy) is 1. The molecule has 0 radical (unpaired) electrons. The number of amides is 3. The van der Waals surface area contributed by atoms with Crippen LogP contribution in [0.3, 0.4) is 0 Å². The first-order valence-electron chi connectivity index (χ1n) is 12.1. The van der Waals surface area contributed by atoms with Crippen molar-refractivity contribution in [3.05, 3.63) is 47.8 Å². The van der Waals surface area contributed by atoms with Crippen molar-refractivity contribution >= 4 is 17.9 Å². The van der Waals surface area contributed by atoms with Gasteiger partial charge in [0.2, 0.25) is 5.91 Å². The smallest absolute Gasteiger partial charge is 0.435 e. The van der Waals surface area contributed by atoms with Gasteiger partial charge in [0.05, 0.1) is 11.3 Å². The van der Waals surface area contributed by atoms with E-state index in [-0.39, 0.29) is 31.0 Å². The predicted octanol–water partition coefficient (Wildman–Crippen LogP) is 3.82. The zero-order valence-corrected chi connectivity index (χ0v) is 21.0. The molecule has 9 nitrogen and oxygen atoms in total. The van der Waals surface area contributed by atoms with Crippen LogP contribution in [0.15, 0.2) is 36.5 Å². The quantitative estimate of drug-likeness (QED) is 0.478. The van der Waals surface area contributed by atoms with Crippen molar-refractivity contribution in [1.29, 1.82) is 0 Å². The Morgan fingerprint density at radius 1 is 1.00 bits per heavy atom. The standard InChI is InChI=1S/C25H32F3N5O4/c1-24(2,3)37-23(36)31-17-11-9-16(10-12-17)21(34)29-13-14-30-22(35)19-15-33(18-7-5-4-6-8-18)32-20(19)25(26,27)28/h4-8,15-17H,9-14H2,1-3H3,(H,29,34)(H,30,35)(H,31,36)/t16-,17-. The first kappa shape index (κ1) is 28.0. The average molecular weight is 524 g/mol. The van der Waals surface area contributed by atoms with Gasteiger partial charge >= 0.3 is 12.3 Å². The van der Waals surface area contributed by atoms with Crippen LogP contribution in [0.4, 0.5) is 18.0 Å². The molecule has 1 aromatic heterocycles. The molecule has 12 heteroatoms. The van der Waals surface area contributed by atoms with Crippen molar-refractivity contribution in [2.24, 2.45) is 5.92 Å². The molecule has 1 saturated carbocycles. The van der Waals surface area contributed by atoms with Crippen LogP contribution in [0, 0.1) is 5.92 Å². The van der Waals surface area contributed by atoms with E-state index in [0.29, 0.717) is 31.4 Å². The molecule has 1 fully saturated rings. The summed E-state index contributed by atoms with van der Waals surface area (Å²) in [4.78, 5) is 36.9. The molecule has 3 rings (SSSR count). The second kappa shape index (κ2) is 11.7. The van der Waals surface area contributed by atoms with Gasteiger partial charge in [-0.2, -0.15) is 18.3 Å². The highest BCUT2D eigenvalue weighted by Gasteiger charge is 2.39. The molecule has 1 aromatic carbocycles. The average Bonchev–Trinajstić information content (AvgIpc) is 3.28. The molecule has 3 amide bonds.